The summed E-state index contributed by atoms with van der Waals surface area (Å²) >= 11 is 1.35. The van der Waals surface area contributed by atoms with E-state index in [4.69, 9.17) is 14.2 Å². The monoisotopic (exact) mass is 471 g/mol. The fourth-order valence-corrected chi connectivity index (χ4v) is 4.66. The van der Waals surface area contributed by atoms with Crippen LogP contribution in [0.25, 0.3) is 11.3 Å². The van der Waals surface area contributed by atoms with Crippen LogP contribution >= 0.6 is 11.3 Å². The first-order valence-corrected chi connectivity index (χ1v) is 11.2. The highest BCUT2D eigenvalue weighted by Crippen LogP contribution is 2.34. The smallest absolute Gasteiger partial charge is 0.413 e. The van der Waals surface area contributed by atoms with E-state index in [9.17, 15) is 9.59 Å². The molecule has 0 fully saturated rings. The van der Waals surface area contributed by atoms with Gasteiger partial charge in [0.1, 0.15) is 17.2 Å². The zero-order valence-corrected chi connectivity index (χ0v) is 19.7. The number of fused-ring (bicyclic) bond motifs is 1. The van der Waals surface area contributed by atoms with Gasteiger partial charge in [0.05, 0.1) is 38.8 Å². The molecule has 2 amide bonds. The predicted molar refractivity (Wildman–Crippen MR) is 123 cm³/mol. The molecule has 1 N–H and O–H groups in total. The molecule has 0 aliphatic carbocycles. The largest absolute Gasteiger partial charge is 0.497 e. The van der Waals surface area contributed by atoms with Crippen molar-refractivity contribution < 1.29 is 23.8 Å². The SMILES string of the molecule is CCOC(=O)Nc1nc2c(s1)CN(C(=O)c1cc(-c3cc(OC)ccc3OC)nn1C)CC2. The van der Waals surface area contributed by atoms with Crippen LogP contribution in [-0.4, -0.2) is 59.0 Å². The minimum atomic E-state index is -0.535. The normalized spacial score (nSPS) is 12.8. The van der Waals surface area contributed by atoms with Crippen molar-refractivity contribution in [2.24, 2.45) is 7.05 Å². The van der Waals surface area contributed by atoms with Crippen LogP contribution < -0.4 is 14.8 Å². The van der Waals surface area contributed by atoms with Crippen LogP contribution in [0.4, 0.5) is 9.93 Å². The van der Waals surface area contributed by atoms with E-state index < -0.39 is 6.09 Å². The van der Waals surface area contributed by atoms with Crippen molar-refractivity contribution in [2.45, 2.75) is 19.9 Å². The maximum absolute atomic E-state index is 13.3. The number of aromatic nitrogens is 3. The Morgan fingerprint density at radius 2 is 2.03 bits per heavy atom. The van der Waals surface area contributed by atoms with Gasteiger partial charge < -0.3 is 19.1 Å². The lowest BCUT2D eigenvalue weighted by atomic mass is 10.1. The molecule has 3 aromatic rings. The maximum Gasteiger partial charge on any atom is 0.413 e. The van der Waals surface area contributed by atoms with Gasteiger partial charge in [0.2, 0.25) is 0 Å². The number of thiazole rings is 1. The van der Waals surface area contributed by atoms with Crippen LogP contribution in [0.15, 0.2) is 24.3 Å². The standard InChI is InChI=1S/C22H25N5O5S/c1-5-32-22(29)24-21-23-15-8-9-27(12-19(15)33-21)20(28)17-11-16(25-26(17)2)14-10-13(30-3)6-7-18(14)31-4/h6-7,10-11H,5,8-9,12H2,1-4H3,(H,23,24,29). The molecule has 1 aromatic carbocycles. The number of carbonyl (C=O) groups excluding carboxylic acids is 2. The van der Waals surface area contributed by atoms with Gasteiger partial charge in [-0.25, -0.2) is 9.78 Å². The third-order valence-electron chi connectivity index (χ3n) is 5.28. The third-order valence-corrected chi connectivity index (χ3v) is 6.28. The molecule has 174 valence electrons. The molecule has 11 heteroatoms. The maximum atomic E-state index is 13.3. The predicted octanol–water partition coefficient (Wildman–Crippen LogP) is 3.33. The van der Waals surface area contributed by atoms with E-state index in [-0.39, 0.29) is 12.5 Å². The summed E-state index contributed by atoms with van der Waals surface area (Å²) < 4.78 is 17.3. The second kappa shape index (κ2) is 9.49. The lowest BCUT2D eigenvalue weighted by Gasteiger charge is -2.25. The van der Waals surface area contributed by atoms with Gasteiger partial charge >= 0.3 is 6.09 Å². The molecule has 10 nitrogen and oxygen atoms in total. The van der Waals surface area contributed by atoms with Crippen molar-refractivity contribution in [3.05, 3.63) is 40.5 Å². The number of hydrogen-bond donors (Lipinski definition) is 1. The van der Waals surface area contributed by atoms with Gasteiger partial charge in [-0.05, 0) is 31.2 Å². The van der Waals surface area contributed by atoms with E-state index in [0.717, 1.165) is 16.1 Å². The van der Waals surface area contributed by atoms with Crippen LogP contribution in [0.1, 0.15) is 28.0 Å². The molecule has 0 atom stereocenters. The molecule has 4 rings (SSSR count). The number of ether oxygens (including phenoxy) is 3. The van der Waals surface area contributed by atoms with Crippen LogP contribution in [0, 0.1) is 0 Å². The van der Waals surface area contributed by atoms with Crippen molar-refractivity contribution in [1.29, 1.82) is 0 Å². The molecule has 0 saturated heterocycles. The summed E-state index contributed by atoms with van der Waals surface area (Å²) in [6.07, 6.45) is 0.0724. The molecular formula is C22H25N5O5S. The minimum absolute atomic E-state index is 0.128. The van der Waals surface area contributed by atoms with Crippen LogP contribution in [-0.2, 0) is 24.8 Å². The van der Waals surface area contributed by atoms with Gasteiger partial charge in [-0.1, -0.05) is 11.3 Å². The second-order valence-electron chi connectivity index (χ2n) is 7.32. The summed E-state index contributed by atoms with van der Waals surface area (Å²) in [6, 6.07) is 7.21. The van der Waals surface area contributed by atoms with Crippen molar-refractivity contribution in [3.63, 3.8) is 0 Å². The Bertz CT molecular complexity index is 1190. The summed E-state index contributed by atoms with van der Waals surface area (Å²) in [4.78, 5) is 32.2. The fourth-order valence-electron chi connectivity index (χ4n) is 3.65. The Kier molecular flexibility index (Phi) is 6.50. The van der Waals surface area contributed by atoms with Gasteiger partial charge in [-0.3, -0.25) is 14.8 Å². The Morgan fingerprint density at radius 1 is 1.21 bits per heavy atom. The first-order valence-electron chi connectivity index (χ1n) is 10.4. The molecule has 0 radical (unpaired) electrons. The highest BCUT2D eigenvalue weighted by Gasteiger charge is 2.28. The molecule has 0 spiro atoms. The van der Waals surface area contributed by atoms with Crippen molar-refractivity contribution >= 4 is 28.5 Å². The van der Waals surface area contributed by atoms with Crippen LogP contribution in [0.2, 0.25) is 0 Å². The molecule has 2 aromatic heterocycles. The number of nitrogens with one attached hydrogen (secondary N) is 1. The first kappa shape index (κ1) is 22.6. The number of benzene rings is 1. The molecule has 1 aliphatic heterocycles. The van der Waals surface area contributed by atoms with E-state index in [1.807, 2.05) is 18.2 Å². The minimum Gasteiger partial charge on any atom is -0.497 e. The topological polar surface area (TPSA) is 108 Å². The molecule has 0 unspecified atom stereocenters. The number of hydrogen-bond acceptors (Lipinski definition) is 8. The first-order chi connectivity index (χ1) is 15.9. The Balaban J connectivity index is 1.54. The molecule has 0 bridgehead atoms. The van der Waals surface area contributed by atoms with Gasteiger partial charge in [0.15, 0.2) is 5.13 Å². The number of carbonyl (C=O) groups is 2. The van der Waals surface area contributed by atoms with Crippen LogP contribution in [0.5, 0.6) is 11.5 Å². The number of methoxy groups -OCH3 is 2. The number of nitrogens with zero attached hydrogens (tertiary/aromatic N) is 4. The Morgan fingerprint density at radius 3 is 2.76 bits per heavy atom. The zero-order chi connectivity index (χ0) is 23.5. The molecule has 1 aliphatic rings. The third kappa shape index (κ3) is 4.63. The van der Waals surface area contributed by atoms with Crippen molar-refractivity contribution in [1.82, 2.24) is 19.7 Å². The lowest BCUT2D eigenvalue weighted by Crippen LogP contribution is -2.36. The fraction of sp³-hybridized carbons (Fsp3) is 0.364. The van der Waals surface area contributed by atoms with E-state index in [2.05, 4.69) is 15.4 Å². The highest BCUT2D eigenvalue weighted by atomic mass is 32.1. The van der Waals surface area contributed by atoms with Crippen molar-refractivity contribution in [3.8, 4) is 22.8 Å². The Labute approximate surface area is 195 Å². The molecule has 0 saturated carbocycles. The van der Waals surface area contributed by atoms with Crippen LogP contribution in [0.3, 0.4) is 0 Å². The van der Waals surface area contributed by atoms with E-state index >= 15 is 0 Å². The van der Waals surface area contributed by atoms with E-state index in [0.29, 0.717) is 47.5 Å². The Hall–Kier alpha value is -3.60. The van der Waals surface area contributed by atoms with Gasteiger partial charge in [-0.2, -0.15) is 5.10 Å². The highest BCUT2D eigenvalue weighted by molar-refractivity contribution is 7.15. The molecule has 3 heterocycles. The number of rotatable bonds is 6. The summed E-state index contributed by atoms with van der Waals surface area (Å²) in [5, 5.41) is 7.65. The summed E-state index contributed by atoms with van der Waals surface area (Å²) in [5.41, 5.74) is 2.72. The number of aryl methyl sites for hydroxylation is 1. The average Bonchev–Trinajstić information content (AvgIpc) is 3.40. The summed E-state index contributed by atoms with van der Waals surface area (Å²) in [6.45, 7) is 2.97. The molecular weight excluding hydrogens is 446 g/mol. The zero-order valence-electron chi connectivity index (χ0n) is 18.9. The molecule has 33 heavy (non-hydrogen) atoms. The van der Waals surface area contributed by atoms with Gasteiger partial charge in [-0.15, -0.1) is 0 Å². The van der Waals surface area contributed by atoms with E-state index in [1.54, 1.807) is 43.8 Å². The quantitative estimate of drug-likeness (QED) is 0.587. The lowest BCUT2D eigenvalue weighted by molar-refractivity contribution is 0.0725. The average molecular weight is 472 g/mol. The summed E-state index contributed by atoms with van der Waals surface area (Å²) in [7, 11) is 4.93. The second-order valence-corrected chi connectivity index (χ2v) is 8.40. The number of amides is 2. The van der Waals surface area contributed by atoms with Crippen molar-refractivity contribution in [2.75, 3.05) is 32.7 Å². The van der Waals surface area contributed by atoms with Gasteiger partial charge in [0.25, 0.3) is 5.91 Å². The van der Waals surface area contributed by atoms with Gasteiger partial charge in [0, 0.05) is 30.5 Å². The number of anilines is 1. The van der Waals surface area contributed by atoms with E-state index in [1.165, 1.54) is 11.3 Å². The summed E-state index contributed by atoms with van der Waals surface area (Å²) in [5.74, 6) is 1.18.